The monoisotopic (exact) mass is 284 g/mol. The Hall–Kier alpha value is -0.940. The minimum absolute atomic E-state index is 0.0192. The zero-order chi connectivity index (χ0) is 14.5. The second kappa shape index (κ2) is 7.01. The predicted octanol–water partition coefficient (Wildman–Crippen LogP) is 2.16. The fourth-order valence-corrected chi connectivity index (χ4v) is 2.60. The number of thiazole rings is 1. The van der Waals surface area contributed by atoms with Gasteiger partial charge in [-0.15, -0.1) is 11.3 Å². The summed E-state index contributed by atoms with van der Waals surface area (Å²) in [6.45, 7) is 8.32. The van der Waals surface area contributed by atoms with E-state index in [1.165, 1.54) is 0 Å². The van der Waals surface area contributed by atoms with Crippen LogP contribution in [0.2, 0.25) is 0 Å². The molecule has 1 aromatic heterocycles. The van der Waals surface area contributed by atoms with Crippen molar-refractivity contribution >= 4 is 17.2 Å². The maximum Gasteiger partial charge on any atom is 0.226 e. The Morgan fingerprint density at radius 2 is 2.21 bits per heavy atom. The molecule has 0 aromatic carbocycles. The second-order valence-electron chi connectivity index (χ2n) is 5.76. The van der Waals surface area contributed by atoms with E-state index in [2.05, 4.69) is 38.0 Å². The summed E-state index contributed by atoms with van der Waals surface area (Å²) in [6.07, 6.45) is 1.79. The van der Waals surface area contributed by atoms with E-state index in [4.69, 9.17) is 5.11 Å². The highest BCUT2D eigenvalue weighted by atomic mass is 32.1. The van der Waals surface area contributed by atoms with Crippen molar-refractivity contribution in [2.45, 2.75) is 53.0 Å². The Morgan fingerprint density at radius 3 is 2.68 bits per heavy atom. The Labute approximate surface area is 119 Å². The molecule has 1 aromatic rings. The van der Waals surface area contributed by atoms with Crippen molar-refractivity contribution in [1.82, 2.24) is 10.3 Å². The van der Waals surface area contributed by atoms with Crippen molar-refractivity contribution in [3.05, 3.63) is 16.1 Å². The van der Waals surface area contributed by atoms with Gasteiger partial charge in [0.25, 0.3) is 0 Å². The van der Waals surface area contributed by atoms with E-state index in [1.54, 1.807) is 11.3 Å². The van der Waals surface area contributed by atoms with Crippen molar-refractivity contribution in [2.75, 3.05) is 6.61 Å². The number of aliphatic hydroxyl groups excluding tert-OH is 1. The first kappa shape index (κ1) is 16.1. The Balaban J connectivity index is 2.57. The van der Waals surface area contributed by atoms with Crippen LogP contribution >= 0.6 is 11.3 Å². The van der Waals surface area contributed by atoms with Gasteiger partial charge in [-0.05, 0) is 18.3 Å². The van der Waals surface area contributed by atoms with E-state index in [1.807, 2.05) is 5.38 Å². The van der Waals surface area contributed by atoms with Crippen molar-refractivity contribution < 1.29 is 9.90 Å². The lowest BCUT2D eigenvalue weighted by Crippen LogP contribution is -2.44. The number of aryl methyl sites for hydroxylation is 1. The first-order chi connectivity index (χ1) is 8.86. The summed E-state index contributed by atoms with van der Waals surface area (Å²) in [6, 6.07) is -0.0192. The number of hydrogen-bond donors (Lipinski definition) is 2. The zero-order valence-electron chi connectivity index (χ0n) is 12.2. The van der Waals surface area contributed by atoms with Gasteiger partial charge in [0.2, 0.25) is 5.91 Å². The smallest absolute Gasteiger partial charge is 0.226 e. The molecule has 5 heteroatoms. The molecule has 0 saturated carbocycles. The molecule has 19 heavy (non-hydrogen) atoms. The van der Waals surface area contributed by atoms with E-state index in [9.17, 15) is 4.79 Å². The fourth-order valence-electron chi connectivity index (χ4n) is 1.85. The van der Waals surface area contributed by atoms with Crippen molar-refractivity contribution in [1.29, 1.82) is 0 Å². The third-order valence-corrected chi connectivity index (χ3v) is 4.08. The minimum Gasteiger partial charge on any atom is -0.396 e. The average molecular weight is 284 g/mol. The zero-order valence-corrected chi connectivity index (χ0v) is 13.0. The molecule has 0 radical (unpaired) electrons. The van der Waals surface area contributed by atoms with Gasteiger partial charge in [-0.25, -0.2) is 4.98 Å². The molecule has 1 rings (SSSR count). The molecule has 0 aliphatic carbocycles. The van der Waals surface area contributed by atoms with Gasteiger partial charge in [-0.1, -0.05) is 27.7 Å². The largest absolute Gasteiger partial charge is 0.396 e. The van der Waals surface area contributed by atoms with Crippen LogP contribution in [0.15, 0.2) is 5.38 Å². The van der Waals surface area contributed by atoms with Gasteiger partial charge >= 0.3 is 0 Å². The molecule has 2 N–H and O–H groups in total. The van der Waals surface area contributed by atoms with Crippen LogP contribution in [0.4, 0.5) is 0 Å². The first-order valence-corrected chi connectivity index (χ1v) is 7.58. The molecule has 0 bridgehead atoms. The van der Waals surface area contributed by atoms with Gasteiger partial charge in [-0.2, -0.15) is 0 Å². The second-order valence-corrected chi connectivity index (χ2v) is 6.70. The van der Waals surface area contributed by atoms with E-state index < -0.39 is 0 Å². The predicted molar refractivity (Wildman–Crippen MR) is 78.3 cm³/mol. The van der Waals surface area contributed by atoms with Crippen molar-refractivity contribution in [2.24, 2.45) is 5.41 Å². The number of aromatic nitrogens is 1. The third kappa shape index (κ3) is 5.28. The summed E-state index contributed by atoms with van der Waals surface area (Å²) in [5.74, 6) is -0.0265. The molecule has 4 nitrogen and oxygen atoms in total. The van der Waals surface area contributed by atoms with Crippen molar-refractivity contribution in [3.63, 3.8) is 0 Å². The standard InChI is InChI=1S/C14H24N2O2S/c1-5-13-15-10(9-19-13)8-12(18)16-11(6-7-17)14(2,3)4/h9,11,17H,5-8H2,1-4H3,(H,16,18). The number of hydrogen-bond acceptors (Lipinski definition) is 4. The van der Waals surface area contributed by atoms with Gasteiger partial charge in [0.15, 0.2) is 0 Å². The highest BCUT2D eigenvalue weighted by Gasteiger charge is 2.25. The number of rotatable bonds is 6. The lowest BCUT2D eigenvalue weighted by atomic mass is 9.85. The van der Waals surface area contributed by atoms with E-state index in [0.717, 1.165) is 17.1 Å². The summed E-state index contributed by atoms with van der Waals surface area (Å²) in [7, 11) is 0. The number of nitrogens with zero attached hydrogens (tertiary/aromatic N) is 1. The van der Waals surface area contributed by atoms with Crippen LogP contribution in [0.25, 0.3) is 0 Å². The molecule has 1 heterocycles. The summed E-state index contributed by atoms with van der Waals surface area (Å²) < 4.78 is 0. The Kier molecular flexibility index (Phi) is 5.94. The molecule has 0 saturated heterocycles. The summed E-state index contributed by atoms with van der Waals surface area (Å²) in [5, 5.41) is 15.1. The van der Waals surface area contributed by atoms with Crippen LogP contribution in [0.5, 0.6) is 0 Å². The molecule has 0 aliphatic heterocycles. The molecule has 108 valence electrons. The van der Waals surface area contributed by atoms with Gasteiger partial charge in [0.05, 0.1) is 17.1 Å². The van der Waals surface area contributed by atoms with Crippen LogP contribution in [-0.2, 0) is 17.6 Å². The van der Waals surface area contributed by atoms with E-state index >= 15 is 0 Å². The maximum atomic E-state index is 12.0. The van der Waals surface area contributed by atoms with Gasteiger partial charge < -0.3 is 10.4 Å². The summed E-state index contributed by atoms with van der Waals surface area (Å²) in [5.41, 5.74) is 0.769. The molecule has 1 amide bonds. The molecule has 1 atom stereocenters. The molecule has 1 unspecified atom stereocenters. The Bertz CT molecular complexity index is 410. The lowest BCUT2D eigenvalue weighted by Gasteiger charge is -2.31. The lowest BCUT2D eigenvalue weighted by molar-refractivity contribution is -0.122. The molecular formula is C14H24N2O2S. The molecular weight excluding hydrogens is 260 g/mol. The van der Waals surface area contributed by atoms with Crippen LogP contribution in [0, 0.1) is 5.41 Å². The number of amides is 1. The molecule has 0 spiro atoms. The van der Waals surface area contributed by atoms with Crippen LogP contribution < -0.4 is 5.32 Å². The number of carbonyl (C=O) groups is 1. The summed E-state index contributed by atoms with van der Waals surface area (Å²) >= 11 is 1.60. The maximum absolute atomic E-state index is 12.0. The number of nitrogens with one attached hydrogen (secondary N) is 1. The van der Waals surface area contributed by atoms with Crippen molar-refractivity contribution in [3.8, 4) is 0 Å². The topological polar surface area (TPSA) is 62.2 Å². The molecule has 0 fully saturated rings. The van der Waals surface area contributed by atoms with Crippen LogP contribution in [0.3, 0.4) is 0 Å². The normalized spacial score (nSPS) is 13.3. The quantitative estimate of drug-likeness (QED) is 0.841. The van der Waals surface area contributed by atoms with Crippen LogP contribution in [0.1, 0.15) is 44.8 Å². The third-order valence-electron chi connectivity index (χ3n) is 3.04. The van der Waals surface area contributed by atoms with Crippen LogP contribution in [-0.4, -0.2) is 28.6 Å². The van der Waals surface area contributed by atoms with Gasteiger partial charge in [-0.3, -0.25) is 4.79 Å². The minimum atomic E-state index is -0.0605. The van der Waals surface area contributed by atoms with Gasteiger partial charge in [0.1, 0.15) is 0 Å². The van der Waals surface area contributed by atoms with E-state index in [0.29, 0.717) is 12.8 Å². The summed E-state index contributed by atoms with van der Waals surface area (Å²) in [4.78, 5) is 16.4. The Morgan fingerprint density at radius 1 is 1.53 bits per heavy atom. The fraction of sp³-hybridized carbons (Fsp3) is 0.714. The number of carbonyl (C=O) groups excluding carboxylic acids is 1. The van der Waals surface area contributed by atoms with E-state index in [-0.39, 0.29) is 24.0 Å². The number of aliphatic hydroxyl groups is 1. The first-order valence-electron chi connectivity index (χ1n) is 6.70. The SMILES string of the molecule is CCc1nc(CC(=O)NC(CCO)C(C)(C)C)cs1. The highest BCUT2D eigenvalue weighted by molar-refractivity contribution is 7.09. The molecule has 0 aliphatic rings. The van der Waals surface area contributed by atoms with Gasteiger partial charge in [0, 0.05) is 18.0 Å². The highest BCUT2D eigenvalue weighted by Crippen LogP contribution is 2.21. The average Bonchev–Trinajstić information content (AvgIpc) is 2.75.